The molecule has 1 amide bonds. The number of fused-ring (bicyclic) bond motifs is 1. The molecule has 0 unspecified atom stereocenters. The van der Waals surface area contributed by atoms with E-state index in [1.54, 1.807) is 17.5 Å². The Bertz CT molecular complexity index is 810. The number of aryl methyl sites for hydroxylation is 1. The Morgan fingerprint density at radius 2 is 2.00 bits per heavy atom. The number of nitrogens with zero attached hydrogens (tertiary/aromatic N) is 1. The van der Waals surface area contributed by atoms with Crippen molar-refractivity contribution in [3.05, 3.63) is 58.0 Å². The fourth-order valence-electron chi connectivity index (χ4n) is 2.19. The van der Waals surface area contributed by atoms with Crippen LogP contribution in [0.15, 0.2) is 42.6 Å². The van der Waals surface area contributed by atoms with Gasteiger partial charge in [-0.15, -0.1) is 11.3 Å². The van der Waals surface area contributed by atoms with Crippen LogP contribution in [-0.2, 0) is 6.54 Å². The molecule has 4 nitrogen and oxygen atoms in total. The molecular formula is C16H15N3OS. The number of nitrogen functional groups attached to an aromatic ring is 1. The number of aromatic nitrogens is 1. The van der Waals surface area contributed by atoms with Crippen LogP contribution < -0.4 is 11.1 Å². The molecule has 5 heteroatoms. The molecule has 0 aliphatic carbocycles. The first-order valence-electron chi connectivity index (χ1n) is 6.61. The first-order valence-corrected chi connectivity index (χ1v) is 7.43. The first-order chi connectivity index (χ1) is 10.1. The molecule has 0 aliphatic rings. The van der Waals surface area contributed by atoms with Crippen LogP contribution >= 0.6 is 11.3 Å². The van der Waals surface area contributed by atoms with Gasteiger partial charge in [-0.1, -0.05) is 24.3 Å². The summed E-state index contributed by atoms with van der Waals surface area (Å²) < 4.78 is 0. The van der Waals surface area contributed by atoms with Gasteiger partial charge in [0.2, 0.25) is 0 Å². The summed E-state index contributed by atoms with van der Waals surface area (Å²) in [4.78, 5) is 17.6. The van der Waals surface area contributed by atoms with Crippen LogP contribution in [0.5, 0.6) is 0 Å². The van der Waals surface area contributed by atoms with Crippen molar-refractivity contribution in [1.82, 2.24) is 10.3 Å². The molecule has 0 bridgehead atoms. The van der Waals surface area contributed by atoms with E-state index >= 15 is 0 Å². The highest BCUT2D eigenvalue weighted by molar-refractivity contribution is 7.11. The highest BCUT2D eigenvalue weighted by Gasteiger charge is 2.11. The monoisotopic (exact) mass is 297 g/mol. The van der Waals surface area contributed by atoms with Gasteiger partial charge in [0.1, 0.15) is 5.01 Å². The quantitative estimate of drug-likeness (QED) is 0.730. The molecule has 0 saturated heterocycles. The molecule has 0 saturated carbocycles. The minimum atomic E-state index is -0.175. The maximum Gasteiger partial charge on any atom is 0.253 e. The number of amides is 1. The lowest BCUT2D eigenvalue weighted by Crippen LogP contribution is -2.23. The molecule has 0 spiro atoms. The van der Waals surface area contributed by atoms with Crippen LogP contribution in [0.1, 0.15) is 20.2 Å². The highest BCUT2D eigenvalue weighted by atomic mass is 32.1. The minimum Gasteiger partial charge on any atom is -0.398 e. The largest absolute Gasteiger partial charge is 0.398 e. The number of nitrogens with two attached hydrogens (primary N) is 1. The summed E-state index contributed by atoms with van der Waals surface area (Å²) in [5, 5.41) is 5.78. The molecule has 0 radical (unpaired) electrons. The predicted molar refractivity (Wildman–Crippen MR) is 86.4 cm³/mol. The van der Waals surface area contributed by atoms with Gasteiger partial charge in [0.15, 0.2) is 0 Å². The number of benzene rings is 2. The average Bonchev–Trinajstić information content (AvgIpc) is 2.89. The molecule has 1 heterocycles. The second kappa shape index (κ2) is 5.54. The molecule has 3 aromatic rings. The Balaban J connectivity index is 1.82. The lowest BCUT2D eigenvalue weighted by atomic mass is 10.0. The van der Waals surface area contributed by atoms with E-state index in [2.05, 4.69) is 10.3 Å². The Labute approximate surface area is 126 Å². The normalized spacial score (nSPS) is 10.7. The number of thiazole rings is 1. The van der Waals surface area contributed by atoms with Gasteiger partial charge in [-0.2, -0.15) is 0 Å². The van der Waals surface area contributed by atoms with E-state index in [-0.39, 0.29) is 5.91 Å². The van der Waals surface area contributed by atoms with Crippen LogP contribution in [0.4, 0.5) is 5.69 Å². The Morgan fingerprint density at radius 1 is 1.29 bits per heavy atom. The standard InChI is InChI=1S/C16H15N3OS/c1-10-8-18-15(21-10)9-19-16(20)13-6-11-4-2-3-5-12(11)7-14(13)17/h2-8H,9,17H2,1H3,(H,19,20). The van der Waals surface area contributed by atoms with Crippen LogP contribution in [0.3, 0.4) is 0 Å². The third-order valence-electron chi connectivity index (χ3n) is 3.23. The number of rotatable bonds is 3. The second-order valence-corrected chi connectivity index (χ2v) is 6.15. The van der Waals surface area contributed by atoms with Crippen molar-refractivity contribution in [2.45, 2.75) is 13.5 Å². The SMILES string of the molecule is Cc1cnc(CNC(=O)c2cc3ccccc3cc2N)s1. The fourth-order valence-corrected chi connectivity index (χ4v) is 2.92. The number of carbonyl (C=O) groups is 1. The fraction of sp³-hybridized carbons (Fsp3) is 0.125. The van der Waals surface area contributed by atoms with Crippen molar-refractivity contribution >= 4 is 33.7 Å². The van der Waals surface area contributed by atoms with E-state index in [0.717, 1.165) is 20.7 Å². The lowest BCUT2D eigenvalue weighted by Gasteiger charge is -2.08. The zero-order valence-corrected chi connectivity index (χ0v) is 12.4. The van der Waals surface area contributed by atoms with Gasteiger partial charge < -0.3 is 11.1 Å². The van der Waals surface area contributed by atoms with E-state index in [1.165, 1.54) is 0 Å². The topological polar surface area (TPSA) is 68.0 Å². The summed E-state index contributed by atoms with van der Waals surface area (Å²) in [6.45, 7) is 2.41. The van der Waals surface area contributed by atoms with Crippen molar-refractivity contribution in [3.8, 4) is 0 Å². The lowest BCUT2D eigenvalue weighted by molar-refractivity contribution is 0.0952. The third-order valence-corrected chi connectivity index (χ3v) is 4.14. The molecule has 21 heavy (non-hydrogen) atoms. The molecule has 3 rings (SSSR count). The van der Waals surface area contributed by atoms with Crippen LogP contribution in [0.2, 0.25) is 0 Å². The summed E-state index contributed by atoms with van der Waals surface area (Å²) in [7, 11) is 0. The van der Waals surface area contributed by atoms with Crippen LogP contribution in [0, 0.1) is 6.92 Å². The highest BCUT2D eigenvalue weighted by Crippen LogP contribution is 2.22. The Morgan fingerprint density at radius 3 is 2.67 bits per heavy atom. The maximum atomic E-state index is 12.3. The van der Waals surface area contributed by atoms with Crippen molar-refractivity contribution in [1.29, 1.82) is 0 Å². The van der Waals surface area contributed by atoms with Gasteiger partial charge in [0.05, 0.1) is 12.1 Å². The number of hydrogen-bond donors (Lipinski definition) is 2. The van der Waals surface area contributed by atoms with Crippen molar-refractivity contribution in [2.75, 3.05) is 5.73 Å². The summed E-state index contributed by atoms with van der Waals surface area (Å²) in [5.74, 6) is -0.175. The molecule has 0 fully saturated rings. The molecule has 0 aliphatic heterocycles. The number of nitrogens with one attached hydrogen (secondary N) is 1. The van der Waals surface area contributed by atoms with Gasteiger partial charge in [-0.3, -0.25) is 4.79 Å². The summed E-state index contributed by atoms with van der Waals surface area (Å²) in [6, 6.07) is 11.5. The van der Waals surface area contributed by atoms with E-state index < -0.39 is 0 Å². The first kappa shape index (κ1) is 13.6. The summed E-state index contributed by atoms with van der Waals surface area (Å²) in [5.41, 5.74) is 6.98. The Kier molecular flexibility index (Phi) is 3.58. The van der Waals surface area contributed by atoms with Gasteiger partial charge in [-0.25, -0.2) is 4.98 Å². The van der Waals surface area contributed by atoms with Crippen molar-refractivity contribution < 1.29 is 4.79 Å². The van der Waals surface area contributed by atoms with Gasteiger partial charge in [0, 0.05) is 16.8 Å². The van der Waals surface area contributed by atoms with Crippen molar-refractivity contribution in [3.63, 3.8) is 0 Å². The van der Waals surface area contributed by atoms with E-state index in [4.69, 9.17) is 5.73 Å². The third kappa shape index (κ3) is 2.87. The molecule has 3 N–H and O–H groups in total. The molecule has 0 atom stereocenters. The van der Waals surface area contributed by atoms with Gasteiger partial charge in [0.25, 0.3) is 5.91 Å². The summed E-state index contributed by atoms with van der Waals surface area (Å²) in [6.07, 6.45) is 1.80. The van der Waals surface area contributed by atoms with Crippen molar-refractivity contribution in [2.24, 2.45) is 0 Å². The number of carbonyl (C=O) groups excluding carboxylic acids is 1. The van der Waals surface area contributed by atoms with Gasteiger partial charge in [-0.05, 0) is 29.8 Å². The molecule has 106 valence electrons. The van der Waals surface area contributed by atoms with E-state index in [1.807, 2.05) is 43.3 Å². The van der Waals surface area contributed by atoms with Crippen LogP contribution in [-0.4, -0.2) is 10.9 Å². The molecule has 1 aromatic heterocycles. The zero-order valence-electron chi connectivity index (χ0n) is 11.6. The minimum absolute atomic E-state index is 0.175. The molecule has 2 aromatic carbocycles. The van der Waals surface area contributed by atoms with E-state index in [9.17, 15) is 4.79 Å². The number of anilines is 1. The average molecular weight is 297 g/mol. The summed E-state index contributed by atoms with van der Waals surface area (Å²) >= 11 is 1.57. The molecular weight excluding hydrogens is 282 g/mol. The van der Waals surface area contributed by atoms with Crippen LogP contribution in [0.25, 0.3) is 10.8 Å². The Hall–Kier alpha value is -2.40. The smallest absolute Gasteiger partial charge is 0.253 e. The number of hydrogen-bond acceptors (Lipinski definition) is 4. The van der Waals surface area contributed by atoms with Gasteiger partial charge >= 0.3 is 0 Å². The maximum absolute atomic E-state index is 12.3. The zero-order chi connectivity index (χ0) is 14.8. The second-order valence-electron chi connectivity index (χ2n) is 4.83. The predicted octanol–water partition coefficient (Wildman–Crippen LogP) is 3.12. The van der Waals surface area contributed by atoms with E-state index in [0.29, 0.717) is 17.8 Å².